The lowest BCUT2D eigenvalue weighted by molar-refractivity contribution is 0.167. The van der Waals surface area contributed by atoms with Gasteiger partial charge in [-0.1, -0.05) is 44.4 Å². The molecule has 1 aliphatic carbocycles. The fourth-order valence-electron chi connectivity index (χ4n) is 1.60. The second-order valence-corrected chi connectivity index (χ2v) is 10.1. The average molecular weight is 196 g/mol. The number of allylic oxidation sites excluding steroid dienone is 1. The van der Waals surface area contributed by atoms with Crippen LogP contribution in [-0.4, -0.2) is 19.3 Å². The molecule has 0 aromatic heterocycles. The number of aliphatic hydroxyl groups is 1. The van der Waals surface area contributed by atoms with Crippen LogP contribution in [0, 0.1) is 5.92 Å². The molecule has 0 aliphatic heterocycles. The highest BCUT2D eigenvalue weighted by atomic mass is 28.3. The van der Waals surface area contributed by atoms with Crippen molar-refractivity contribution >= 4 is 8.07 Å². The van der Waals surface area contributed by atoms with Gasteiger partial charge in [0, 0.05) is 0 Å². The van der Waals surface area contributed by atoms with Gasteiger partial charge in [-0.25, -0.2) is 0 Å². The third kappa shape index (κ3) is 2.12. The summed E-state index contributed by atoms with van der Waals surface area (Å²) in [6.07, 6.45) is 2.90. The minimum atomic E-state index is -1.32. The summed E-state index contributed by atoms with van der Waals surface area (Å²) >= 11 is 0. The highest BCUT2D eigenvalue weighted by Gasteiger charge is 2.30. The second-order valence-electron chi connectivity index (χ2n) is 5.05. The van der Waals surface area contributed by atoms with Crippen molar-refractivity contribution in [2.75, 3.05) is 0 Å². The van der Waals surface area contributed by atoms with E-state index in [1.807, 2.05) is 0 Å². The molecule has 1 aliphatic rings. The summed E-state index contributed by atoms with van der Waals surface area (Å²) in [5.41, 5.74) is 1.12. The molecular weight excluding hydrogens is 176 g/mol. The van der Waals surface area contributed by atoms with Crippen molar-refractivity contribution in [3.63, 3.8) is 0 Å². The van der Waals surface area contributed by atoms with E-state index in [1.165, 1.54) is 5.20 Å². The Balaban J connectivity index is 2.81. The van der Waals surface area contributed by atoms with E-state index in [1.54, 1.807) is 0 Å². The van der Waals surface area contributed by atoms with Crippen LogP contribution in [0.1, 0.15) is 13.3 Å². The molecule has 1 nitrogen and oxygen atoms in total. The summed E-state index contributed by atoms with van der Waals surface area (Å²) in [5.74, 6) is 0.378. The van der Waals surface area contributed by atoms with E-state index in [-0.39, 0.29) is 6.10 Å². The minimum absolute atomic E-state index is 0.265. The van der Waals surface area contributed by atoms with Crippen LogP contribution in [0.4, 0.5) is 0 Å². The zero-order valence-corrected chi connectivity index (χ0v) is 10.1. The van der Waals surface area contributed by atoms with Gasteiger partial charge in [0.25, 0.3) is 0 Å². The predicted molar refractivity (Wildman–Crippen MR) is 60.4 cm³/mol. The highest BCUT2D eigenvalue weighted by Crippen LogP contribution is 2.33. The van der Waals surface area contributed by atoms with Crippen LogP contribution in [0.2, 0.25) is 19.6 Å². The van der Waals surface area contributed by atoms with Crippen molar-refractivity contribution < 1.29 is 5.11 Å². The van der Waals surface area contributed by atoms with Crippen molar-refractivity contribution in [3.8, 4) is 0 Å². The Kier molecular flexibility index (Phi) is 2.83. The third-order valence-corrected chi connectivity index (χ3v) is 4.92. The predicted octanol–water partition coefficient (Wildman–Crippen LogP) is 2.75. The molecule has 0 saturated heterocycles. The highest BCUT2D eigenvalue weighted by molar-refractivity contribution is 6.83. The largest absolute Gasteiger partial charge is 0.388 e. The first kappa shape index (κ1) is 10.7. The molecule has 0 unspecified atom stereocenters. The summed E-state index contributed by atoms with van der Waals surface area (Å²) in [6.45, 7) is 13.0. The van der Waals surface area contributed by atoms with Gasteiger partial charge in [0.2, 0.25) is 0 Å². The molecule has 2 heteroatoms. The van der Waals surface area contributed by atoms with Crippen molar-refractivity contribution in [3.05, 3.63) is 23.4 Å². The van der Waals surface area contributed by atoms with E-state index in [2.05, 4.69) is 39.2 Å². The molecule has 0 heterocycles. The SMILES string of the molecule is C=C(C1=CC[C@@H](C)[C@@H]1O)[Si](C)(C)C. The smallest absolute Gasteiger partial charge is 0.0814 e. The Morgan fingerprint density at radius 2 is 2.08 bits per heavy atom. The van der Waals surface area contributed by atoms with Gasteiger partial charge in [0.1, 0.15) is 0 Å². The van der Waals surface area contributed by atoms with E-state index >= 15 is 0 Å². The van der Waals surface area contributed by atoms with Crippen molar-refractivity contribution in [1.29, 1.82) is 0 Å². The summed E-state index contributed by atoms with van der Waals surface area (Å²) < 4.78 is 0. The number of aliphatic hydroxyl groups excluding tert-OH is 1. The van der Waals surface area contributed by atoms with Gasteiger partial charge in [0.05, 0.1) is 14.2 Å². The van der Waals surface area contributed by atoms with Gasteiger partial charge in [-0.05, 0) is 17.9 Å². The Morgan fingerprint density at radius 1 is 1.54 bits per heavy atom. The van der Waals surface area contributed by atoms with Crippen LogP contribution in [0.3, 0.4) is 0 Å². The van der Waals surface area contributed by atoms with Crippen LogP contribution in [0.5, 0.6) is 0 Å². The summed E-state index contributed by atoms with van der Waals surface area (Å²) in [6, 6.07) is 0. The van der Waals surface area contributed by atoms with E-state index in [0.717, 1.165) is 12.0 Å². The molecule has 0 amide bonds. The molecule has 13 heavy (non-hydrogen) atoms. The van der Waals surface area contributed by atoms with Crippen molar-refractivity contribution in [1.82, 2.24) is 0 Å². The van der Waals surface area contributed by atoms with Gasteiger partial charge in [-0.2, -0.15) is 0 Å². The quantitative estimate of drug-likeness (QED) is 0.673. The molecule has 0 spiro atoms. The summed E-state index contributed by atoms with van der Waals surface area (Å²) in [4.78, 5) is 0. The maximum Gasteiger partial charge on any atom is 0.0814 e. The third-order valence-electron chi connectivity index (χ3n) is 2.82. The molecule has 0 aromatic carbocycles. The topological polar surface area (TPSA) is 20.2 Å². The molecule has 2 atom stereocenters. The maximum absolute atomic E-state index is 9.88. The van der Waals surface area contributed by atoms with Gasteiger partial charge in [-0.15, -0.1) is 0 Å². The fourth-order valence-corrected chi connectivity index (χ4v) is 2.72. The van der Waals surface area contributed by atoms with Gasteiger partial charge in [-0.3, -0.25) is 0 Å². The zero-order chi connectivity index (χ0) is 10.2. The first-order valence-corrected chi connectivity index (χ1v) is 8.42. The van der Waals surface area contributed by atoms with Gasteiger partial charge >= 0.3 is 0 Å². The fraction of sp³-hybridized carbons (Fsp3) is 0.636. The molecule has 0 radical (unpaired) electrons. The van der Waals surface area contributed by atoms with Crippen molar-refractivity contribution in [2.24, 2.45) is 5.92 Å². The van der Waals surface area contributed by atoms with Crippen LogP contribution in [0.15, 0.2) is 23.4 Å². The normalized spacial score (nSPS) is 28.8. The Bertz CT molecular complexity index is 247. The molecule has 0 aromatic rings. The van der Waals surface area contributed by atoms with Crippen LogP contribution < -0.4 is 0 Å². The Hall–Kier alpha value is -0.343. The van der Waals surface area contributed by atoms with E-state index in [9.17, 15) is 5.11 Å². The lowest BCUT2D eigenvalue weighted by Gasteiger charge is -2.24. The molecule has 1 N–H and O–H groups in total. The lowest BCUT2D eigenvalue weighted by Crippen LogP contribution is -2.28. The molecule has 0 fully saturated rings. The lowest BCUT2D eigenvalue weighted by atomic mass is 10.0. The van der Waals surface area contributed by atoms with Crippen LogP contribution in [0.25, 0.3) is 0 Å². The Morgan fingerprint density at radius 3 is 2.38 bits per heavy atom. The molecular formula is C11H20OSi. The monoisotopic (exact) mass is 196 g/mol. The summed E-state index contributed by atoms with van der Waals surface area (Å²) in [5, 5.41) is 11.1. The van der Waals surface area contributed by atoms with E-state index in [0.29, 0.717) is 5.92 Å². The number of rotatable bonds is 2. The molecule has 1 rings (SSSR count). The van der Waals surface area contributed by atoms with E-state index in [4.69, 9.17) is 0 Å². The maximum atomic E-state index is 9.88. The van der Waals surface area contributed by atoms with Crippen molar-refractivity contribution in [2.45, 2.75) is 39.1 Å². The van der Waals surface area contributed by atoms with Crippen LogP contribution in [-0.2, 0) is 0 Å². The number of hydrogen-bond donors (Lipinski definition) is 1. The first-order valence-electron chi connectivity index (χ1n) is 4.92. The van der Waals surface area contributed by atoms with Crippen LogP contribution >= 0.6 is 0 Å². The minimum Gasteiger partial charge on any atom is -0.388 e. The van der Waals surface area contributed by atoms with Gasteiger partial charge in [0.15, 0.2) is 0 Å². The Labute approximate surface area is 82.2 Å². The molecule has 74 valence electrons. The van der Waals surface area contributed by atoms with Gasteiger partial charge < -0.3 is 5.11 Å². The standard InChI is InChI=1S/C11H20OSi/c1-8-6-7-10(11(8)12)9(2)13(3,4)5/h7-8,11-12H,2,6H2,1,3-5H3/t8-,11+/m1/s1. The van der Waals surface area contributed by atoms with E-state index < -0.39 is 8.07 Å². The molecule has 0 bridgehead atoms. The summed E-state index contributed by atoms with van der Waals surface area (Å²) in [7, 11) is -1.32. The zero-order valence-electron chi connectivity index (χ0n) is 9.09. The second kappa shape index (κ2) is 3.43. The number of hydrogen-bond acceptors (Lipinski definition) is 1. The first-order chi connectivity index (χ1) is 5.84. The molecule has 0 saturated carbocycles. The average Bonchev–Trinajstić information content (AvgIpc) is 2.30.